The molecule has 1 fully saturated rings. The van der Waals surface area contributed by atoms with Crippen molar-refractivity contribution in [1.82, 2.24) is 0 Å². The van der Waals surface area contributed by atoms with Gasteiger partial charge in [-0.05, 0) is 41.5 Å². The van der Waals surface area contributed by atoms with Crippen molar-refractivity contribution in [2.24, 2.45) is 17.3 Å². The molecule has 0 spiro atoms. The molecule has 0 aromatic rings. The van der Waals surface area contributed by atoms with Gasteiger partial charge in [-0.25, -0.2) is 0 Å². The number of hydrogen-bond donors (Lipinski definition) is 0. The third-order valence-electron chi connectivity index (χ3n) is 5.12. The van der Waals surface area contributed by atoms with Gasteiger partial charge in [0.1, 0.15) is 0 Å². The van der Waals surface area contributed by atoms with E-state index in [0.717, 1.165) is 11.8 Å². The van der Waals surface area contributed by atoms with Gasteiger partial charge in [0.05, 0.1) is 5.76 Å². The van der Waals surface area contributed by atoms with Crippen molar-refractivity contribution in [3.05, 3.63) is 11.8 Å². The maximum atomic E-state index is 6.36. The molecule has 1 nitrogen and oxygen atoms in total. The summed E-state index contributed by atoms with van der Waals surface area (Å²) in [5.74, 6) is 2.96. The van der Waals surface area contributed by atoms with E-state index in [0.29, 0.717) is 10.5 Å². The minimum atomic E-state index is -1.59. The van der Waals surface area contributed by atoms with Crippen molar-refractivity contribution >= 4 is 8.32 Å². The van der Waals surface area contributed by atoms with Gasteiger partial charge in [-0.1, -0.05) is 34.6 Å². The molecule has 0 saturated heterocycles. The number of hydrogen-bond acceptors (Lipinski definition) is 1. The van der Waals surface area contributed by atoms with Crippen molar-refractivity contribution in [3.8, 4) is 0 Å². The summed E-state index contributed by atoms with van der Waals surface area (Å²) in [7, 11) is -1.59. The quantitative estimate of drug-likeness (QED) is 0.640. The summed E-state index contributed by atoms with van der Waals surface area (Å²) in [6.45, 7) is 16.3. The molecule has 2 rings (SSSR count). The van der Waals surface area contributed by atoms with Crippen LogP contribution in [0.25, 0.3) is 0 Å². The van der Waals surface area contributed by atoms with Gasteiger partial charge in [-0.3, -0.25) is 0 Å². The van der Waals surface area contributed by atoms with Crippen molar-refractivity contribution in [3.63, 3.8) is 0 Å². The van der Waals surface area contributed by atoms with Gasteiger partial charge in [0.25, 0.3) is 0 Å². The average molecular weight is 238 g/mol. The lowest BCUT2D eigenvalue weighted by Gasteiger charge is -2.37. The second kappa shape index (κ2) is 3.15. The molecule has 16 heavy (non-hydrogen) atoms. The Morgan fingerprint density at radius 2 is 1.88 bits per heavy atom. The first-order chi connectivity index (χ1) is 7.06. The topological polar surface area (TPSA) is 9.23 Å². The van der Waals surface area contributed by atoms with Crippen molar-refractivity contribution in [1.29, 1.82) is 0 Å². The van der Waals surface area contributed by atoms with Crippen LogP contribution in [0.3, 0.4) is 0 Å². The van der Waals surface area contributed by atoms with E-state index in [1.165, 1.54) is 12.2 Å². The predicted octanol–water partition coefficient (Wildman–Crippen LogP) is 4.57. The molecule has 2 atom stereocenters. The number of rotatable bonds is 2. The summed E-state index contributed by atoms with van der Waals surface area (Å²) in [5.41, 5.74) is 0.556. The third kappa shape index (κ3) is 1.75. The Bertz CT molecular complexity index is 333. The highest BCUT2D eigenvalue weighted by atomic mass is 28.4. The van der Waals surface area contributed by atoms with Crippen LogP contribution in [0.2, 0.25) is 18.1 Å². The van der Waals surface area contributed by atoms with E-state index in [1.807, 2.05) is 0 Å². The molecule has 0 radical (unpaired) electrons. The van der Waals surface area contributed by atoms with E-state index in [4.69, 9.17) is 4.43 Å². The third-order valence-corrected chi connectivity index (χ3v) is 9.50. The Balaban J connectivity index is 2.02. The van der Waals surface area contributed by atoms with E-state index in [9.17, 15) is 0 Å². The van der Waals surface area contributed by atoms with Gasteiger partial charge in [0.15, 0.2) is 0 Å². The average Bonchev–Trinajstić information content (AvgIpc) is 2.44. The van der Waals surface area contributed by atoms with Gasteiger partial charge >= 0.3 is 0 Å². The summed E-state index contributed by atoms with van der Waals surface area (Å²) >= 11 is 0. The van der Waals surface area contributed by atoms with Crippen LogP contribution in [0.1, 0.15) is 41.0 Å². The molecule has 0 unspecified atom stereocenters. The molecular weight excluding hydrogens is 212 g/mol. The monoisotopic (exact) mass is 238 g/mol. The van der Waals surface area contributed by atoms with E-state index in [2.05, 4.69) is 53.8 Å². The second-order valence-electron chi connectivity index (χ2n) is 7.65. The molecule has 2 aliphatic rings. The molecule has 92 valence electrons. The van der Waals surface area contributed by atoms with Crippen LogP contribution < -0.4 is 0 Å². The van der Waals surface area contributed by atoms with Gasteiger partial charge < -0.3 is 4.43 Å². The molecule has 1 saturated carbocycles. The maximum absolute atomic E-state index is 6.36. The van der Waals surface area contributed by atoms with Crippen molar-refractivity contribution < 1.29 is 4.43 Å². The van der Waals surface area contributed by atoms with Gasteiger partial charge in [-0.2, -0.15) is 0 Å². The van der Waals surface area contributed by atoms with Gasteiger partial charge in [0.2, 0.25) is 8.32 Å². The van der Waals surface area contributed by atoms with Crippen LogP contribution in [0, 0.1) is 17.3 Å². The minimum absolute atomic E-state index is 0.316. The summed E-state index contributed by atoms with van der Waals surface area (Å²) in [6.07, 6.45) is 3.59. The first-order valence-electron chi connectivity index (χ1n) is 6.45. The lowest BCUT2D eigenvalue weighted by molar-refractivity contribution is 0.351. The number of allylic oxidation sites excluding steroid dienone is 2. The fourth-order valence-electron chi connectivity index (χ4n) is 2.55. The molecule has 0 N–H and O–H groups in total. The molecule has 2 aliphatic carbocycles. The van der Waals surface area contributed by atoms with E-state index in [-0.39, 0.29) is 0 Å². The Hall–Kier alpha value is -0.243. The molecule has 0 amide bonds. The Kier molecular flexibility index (Phi) is 2.41. The minimum Gasteiger partial charge on any atom is -0.547 e. The number of fused-ring (bicyclic) bond motifs is 1. The summed E-state index contributed by atoms with van der Waals surface area (Å²) in [4.78, 5) is 0. The molecule has 0 aromatic heterocycles. The van der Waals surface area contributed by atoms with E-state index < -0.39 is 8.32 Å². The van der Waals surface area contributed by atoms with Crippen LogP contribution in [0.5, 0.6) is 0 Å². The zero-order valence-electron chi connectivity index (χ0n) is 11.8. The second-order valence-corrected chi connectivity index (χ2v) is 12.4. The first kappa shape index (κ1) is 12.2. The van der Waals surface area contributed by atoms with Gasteiger partial charge in [-0.15, -0.1) is 0 Å². The SMILES string of the molecule is CC1(C)[C@@H]2C=C(O[Si](C)(C)C(C)(C)C)C[C@@H]21. The highest BCUT2D eigenvalue weighted by Gasteiger charge is 2.60. The summed E-state index contributed by atoms with van der Waals surface area (Å²) < 4.78 is 6.36. The van der Waals surface area contributed by atoms with Crippen LogP contribution in [-0.4, -0.2) is 8.32 Å². The predicted molar refractivity (Wildman–Crippen MR) is 71.7 cm³/mol. The normalized spacial score (nSPS) is 32.1. The van der Waals surface area contributed by atoms with Gasteiger partial charge in [0, 0.05) is 6.42 Å². The molecule has 0 heterocycles. The summed E-state index contributed by atoms with van der Waals surface area (Å²) in [5, 5.41) is 0.316. The lowest BCUT2D eigenvalue weighted by Crippen LogP contribution is -2.40. The Morgan fingerprint density at radius 3 is 2.25 bits per heavy atom. The molecule has 0 aliphatic heterocycles. The van der Waals surface area contributed by atoms with Crippen molar-refractivity contribution in [2.45, 2.75) is 59.2 Å². The zero-order chi connectivity index (χ0) is 12.4. The van der Waals surface area contributed by atoms with E-state index in [1.54, 1.807) is 0 Å². The van der Waals surface area contributed by atoms with Crippen LogP contribution in [-0.2, 0) is 4.43 Å². The largest absolute Gasteiger partial charge is 0.547 e. The Morgan fingerprint density at radius 1 is 1.31 bits per heavy atom. The fraction of sp³-hybridized carbons (Fsp3) is 0.857. The van der Waals surface area contributed by atoms with Crippen LogP contribution in [0.15, 0.2) is 11.8 Å². The first-order valence-corrected chi connectivity index (χ1v) is 9.36. The molecule has 2 heteroatoms. The smallest absolute Gasteiger partial charge is 0.250 e. The molecular formula is C14H26OSi. The van der Waals surface area contributed by atoms with Crippen LogP contribution in [0.4, 0.5) is 0 Å². The standard InChI is InChI=1S/C14H26OSi/c1-13(2,3)16(6,7)15-10-8-11-12(9-10)14(11,4)5/h8,11-12H,9H2,1-7H3/t11-,12+/m1/s1. The highest BCUT2D eigenvalue weighted by Crippen LogP contribution is 2.65. The zero-order valence-corrected chi connectivity index (χ0v) is 12.8. The highest BCUT2D eigenvalue weighted by molar-refractivity contribution is 6.74. The van der Waals surface area contributed by atoms with E-state index >= 15 is 0 Å². The summed E-state index contributed by atoms with van der Waals surface area (Å²) in [6, 6.07) is 0. The lowest BCUT2D eigenvalue weighted by atomic mass is 10.0. The maximum Gasteiger partial charge on any atom is 0.250 e. The van der Waals surface area contributed by atoms with Crippen LogP contribution >= 0.6 is 0 Å². The molecule has 0 bridgehead atoms. The molecule has 0 aromatic carbocycles. The van der Waals surface area contributed by atoms with Crippen molar-refractivity contribution in [2.75, 3.05) is 0 Å². The Labute approximate surface area is 101 Å². The fourth-order valence-corrected chi connectivity index (χ4v) is 3.66.